The SMILES string of the molecule is CC(C)c1cccc(ONCC2CCCCO2)c1. The van der Waals surface area contributed by atoms with Crippen LogP contribution in [0.1, 0.15) is 44.6 Å². The third-order valence-corrected chi connectivity index (χ3v) is 3.30. The van der Waals surface area contributed by atoms with Gasteiger partial charge in [-0.2, -0.15) is 5.48 Å². The van der Waals surface area contributed by atoms with Crippen molar-refractivity contribution < 1.29 is 9.57 Å². The summed E-state index contributed by atoms with van der Waals surface area (Å²) < 4.78 is 5.64. The van der Waals surface area contributed by atoms with Crippen LogP contribution < -0.4 is 10.3 Å². The van der Waals surface area contributed by atoms with Crippen molar-refractivity contribution in [2.24, 2.45) is 0 Å². The molecule has 1 saturated heterocycles. The van der Waals surface area contributed by atoms with Crippen molar-refractivity contribution in [3.8, 4) is 5.75 Å². The van der Waals surface area contributed by atoms with E-state index in [-0.39, 0.29) is 0 Å². The molecule has 0 aliphatic carbocycles. The molecule has 0 bridgehead atoms. The number of hydrogen-bond acceptors (Lipinski definition) is 3. The zero-order chi connectivity index (χ0) is 12.8. The van der Waals surface area contributed by atoms with Gasteiger partial charge >= 0.3 is 0 Å². The molecule has 18 heavy (non-hydrogen) atoms. The Hall–Kier alpha value is -1.06. The number of hydroxylamine groups is 1. The predicted molar refractivity (Wildman–Crippen MR) is 72.8 cm³/mol. The number of ether oxygens (including phenoxy) is 1. The second-order valence-corrected chi connectivity index (χ2v) is 5.17. The van der Waals surface area contributed by atoms with Crippen LogP contribution in [0.25, 0.3) is 0 Å². The molecular weight excluding hydrogens is 226 g/mol. The van der Waals surface area contributed by atoms with Gasteiger partial charge in [0, 0.05) is 6.61 Å². The lowest BCUT2D eigenvalue weighted by atomic mass is 10.0. The van der Waals surface area contributed by atoms with E-state index < -0.39 is 0 Å². The van der Waals surface area contributed by atoms with E-state index in [9.17, 15) is 0 Å². The van der Waals surface area contributed by atoms with Crippen molar-refractivity contribution in [1.29, 1.82) is 0 Å². The Morgan fingerprint density at radius 1 is 1.39 bits per heavy atom. The highest BCUT2D eigenvalue weighted by atomic mass is 16.6. The Morgan fingerprint density at radius 3 is 3.00 bits per heavy atom. The van der Waals surface area contributed by atoms with Crippen LogP contribution in [0.4, 0.5) is 0 Å². The fraction of sp³-hybridized carbons (Fsp3) is 0.600. The molecule has 2 rings (SSSR count). The number of benzene rings is 1. The Kier molecular flexibility index (Phi) is 5.02. The van der Waals surface area contributed by atoms with E-state index in [0.717, 1.165) is 25.3 Å². The van der Waals surface area contributed by atoms with Gasteiger partial charge in [0.15, 0.2) is 0 Å². The summed E-state index contributed by atoms with van der Waals surface area (Å²) in [4.78, 5) is 5.57. The first-order valence-electron chi connectivity index (χ1n) is 6.87. The molecular formula is C15H23NO2. The first-order chi connectivity index (χ1) is 8.75. The predicted octanol–water partition coefficient (Wildman–Crippen LogP) is 3.26. The number of rotatable bonds is 5. The summed E-state index contributed by atoms with van der Waals surface area (Å²) in [5.74, 6) is 1.40. The first kappa shape index (κ1) is 13.4. The van der Waals surface area contributed by atoms with Crippen LogP contribution in [0, 0.1) is 0 Å². The van der Waals surface area contributed by atoms with E-state index in [0.29, 0.717) is 12.0 Å². The molecule has 0 spiro atoms. The molecule has 1 fully saturated rings. The summed E-state index contributed by atoms with van der Waals surface area (Å²) in [6.07, 6.45) is 3.87. The molecule has 0 amide bonds. The standard InChI is InChI=1S/C15H23NO2/c1-12(2)13-6-5-8-14(10-13)18-16-11-15-7-3-4-9-17-15/h5-6,8,10,12,15-16H,3-4,7,9,11H2,1-2H3. The van der Waals surface area contributed by atoms with E-state index >= 15 is 0 Å². The van der Waals surface area contributed by atoms with Crippen molar-refractivity contribution >= 4 is 0 Å². The Balaban J connectivity index is 1.77. The van der Waals surface area contributed by atoms with E-state index in [4.69, 9.17) is 9.57 Å². The third-order valence-electron chi connectivity index (χ3n) is 3.30. The van der Waals surface area contributed by atoms with Gasteiger partial charge in [-0.3, -0.25) is 0 Å². The maximum Gasteiger partial charge on any atom is 0.147 e. The Labute approximate surface area is 109 Å². The van der Waals surface area contributed by atoms with Crippen LogP contribution >= 0.6 is 0 Å². The van der Waals surface area contributed by atoms with Gasteiger partial charge in [0.05, 0.1) is 12.6 Å². The summed E-state index contributed by atoms with van der Waals surface area (Å²) in [5, 5.41) is 0. The molecule has 1 unspecified atom stereocenters. The largest absolute Gasteiger partial charge is 0.409 e. The fourth-order valence-corrected chi connectivity index (χ4v) is 2.12. The average molecular weight is 249 g/mol. The zero-order valence-corrected chi connectivity index (χ0v) is 11.3. The van der Waals surface area contributed by atoms with Crippen molar-refractivity contribution in [3.63, 3.8) is 0 Å². The molecule has 100 valence electrons. The van der Waals surface area contributed by atoms with E-state index in [1.807, 2.05) is 12.1 Å². The van der Waals surface area contributed by atoms with Crippen molar-refractivity contribution in [2.75, 3.05) is 13.2 Å². The lowest BCUT2D eigenvalue weighted by Crippen LogP contribution is -2.33. The van der Waals surface area contributed by atoms with Crippen LogP contribution in [0.15, 0.2) is 24.3 Å². The molecule has 1 N–H and O–H groups in total. The normalized spacial score (nSPS) is 20.1. The molecule has 1 heterocycles. The lowest BCUT2D eigenvalue weighted by Gasteiger charge is -2.22. The van der Waals surface area contributed by atoms with Gasteiger partial charge in [-0.1, -0.05) is 26.0 Å². The van der Waals surface area contributed by atoms with Gasteiger partial charge in [0.1, 0.15) is 5.75 Å². The molecule has 1 aromatic rings. The molecule has 0 radical (unpaired) electrons. The average Bonchev–Trinajstić information content (AvgIpc) is 2.40. The summed E-state index contributed by atoms with van der Waals surface area (Å²) in [6.45, 7) is 6.01. The summed E-state index contributed by atoms with van der Waals surface area (Å²) in [5.41, 5.74) is 4.31. The van der Waals surface area contributed by atoms with Gasteiger partial charge in [0.25, 0.3) is 0 Å². The third kappa shape index (κ3) is 4.00. The highest BCUT2D eigenvalue weighted by molar-refractivity contribution is 5.30. The molecule has 1 aliphatic heterocycles. The summed E-state index contributed by atoms with van der Waals surface area (Å²) >= 11 is 0. The van der Waals surface area contributed by atoms with Gasteiger partial charge in [-0.25, -0.2) is 0 Å². The highest BCUT2D eigenvalue weighted by Gasteiger charge is 2.13. The van der Waals surface area contributed by atoms with Gasteiger partial charge in [-0.15, -0.1) is 0 Å². The quantitative estimate of drug-likeness (QED) is 0.812. The molecule has 0 aromatic heterocycles. The van der Waals surface area contributed by atoms with Crippen LogP contribution in [0.2, 0.25) is 0 Å². The minimum atomic E-state index is 0.298. The topological polar surface area (TPSA) is 30.5 Å². The van der Waals surface area contributed by atoms with Crippen molar-refractivity contribution in [2.45, 2.75) is 45.1 Å². The molecule has 3 nitrogen and oxygen atoms in total. The fourth-order valence-electron chi connectivity index (χ4n) is 2.12. The van der Waals surface area contributed by atoms with Crippen molar-refractivity contribution in [3.05, 3.63) is 29.8 Å². The maximum atomic E-state index is 5.64. The first-order valence-corrected chi connectivity index (χ1v) is 6.87. The molecule has 3 heteroatoms. The van der Waals surface area contributed by atoms with E-state index in [1.165, 1.54) is 18.4 Å². The second-order valence-electron chi connectivity index (χ2n) is 5.17. The Morgan fingerprint density at radius 2 is 2.28 bits per heavy atom. The van der Waals surface area contributed by atoms with E-state index in [2.05, 4.69) is 31.5 Å². The smallest absolute Gasteiger partial charge is 0.147 e. The lowest BCUT2D eigenvalue weighted by molar-refractivity contribution is -0.000639. The van der Waals surface area contributed by atoms with Gasteiger partial charge < -0.3 is 9.57 Å². The highest BCUT2D eigenvalue weighted by Crippen LogP contribution is 2.19. The van der Waals surface area contributed by atoms with Crippen LogP contribution in [0.3, 0.4) is 0 Å². The van der Waals surface area contributed by atoms with Gasteiger partial charge in [0.2, 0.25) is 0 Å². The number of hydrogen-bond donors (Lipinski definition) is 1. The summed E-state index contributed by atoms with van der Waals surface area (Å²) in [6, 6.07) is 8.21. The van der Waals surface area contributed by atoms with Crippen LogP contribution in [-0.2, 0) is 4.74 Å². The summed E-state index contributed by atoms with van der Waals surface area (Å²) in [7, 11) is 0. The van der Waals surface area contributed by atoms with Gasteiger partial charge in [-0.05, 0) is 42.9 Å². The van der Waals surface area contributed by atoms with E-state index in [1.54, 1.807) is 0 Å². The molecule has 1 aromatic carbocycles. The minimum absolute atomic E-state index is 0.298. The monoisotopic (exact) mass is 249 g/mol. The van der Waals surface area contributed by atoms with Crippen LogP contribution in [-0.4, -0.2) is 19.3 Å². The van der Waals surface area contributed by atoms with Crippen molar-refractivity contribution in [1.82, 2.24) is 5.48 Å². The van der Waals surface area contributed by atoms with Crippen LogP contribution in [0.5, 0.6) is 5.75 Å². The molecule has 1 aliphatic rings. The maximum absolute atomic E-state index is 5.64. The number of nitrogens with one attached hydrogen (secondary N) is 1. The molecule has 1 atom stereocenters. The zero-order valence-electron chi connectivity index (χ0n) is 11.3. The minimum Gasteiger partial charge on any atom is -0.409 e. The Bertz CT molecular complexity index is 359. The second kappa shape index (κ2) is 6.76. The molecule has 0 saturated carbocycles.